The lowest BCUT2D eigenvalue weighted by Crippen LogP contribution is -2.24. The molecule has 2 aromatic rings. The minimum Gasteiger partial charge on any atom is -0.481 e. The van der Waals surface area contributed by atoms with Crippen LogP contribution in [0.2, 0.25) is 0 Å². The number of hydrogen-bond donors (Lipinski definition) is 0. The predicted octanol–water partition coefficient (Wildman–Crippen LogP) is 3.03. The van der Waals surface area contributed by atoms with Gasteiger partial charge in [-0.2, -0.15) is 0 Å². The highest BCUT2D eigenvalue weighted by molar-refractivity contribution is 5.98. The lowest BCUT2D eigenvalue weighted by molar-refractivity contribution is 0.0794. The molecule has 1 aliphatic rings. The third kappa shape index (κ3) is 1.82. The zero-order valence-electron chi connectivity index (χ0n) is 10.2. The van der Waals surface area contributed by atoms with Crippen molar-refractivity contribution < 1.29 is 13.9 Å². The van der Waals surface area contributed by atoms with E-state index in [4.69, 9.17) is 9.15 Å². The molecule has 1 atom stereocenters. The number of para-hydroxylation sites is 1. The van der Waals surface area contributed by atoms with E-state index in [1.165, 1.54) is 0 Å². The molecule has 0 fully saturated rings. The fourth-order valence-corrected chi connectivity index (χ4v) is 2.19. The second-order valence-electron chi connectivity index (χ2n) is 4.40. The second-order valence-corrected chi connectivity index (χ2v) is 4.40. The van der Waals surface area contributed by atoms with Gasteiger partial charge in [0.2, 0.25) is 5.78 Å². The van der Waals surface area contributed by atoms with Crippen molar-refractivity contribution in [2.45, 2.75) is 25.9 Å². The highest BCUT2D eigenvalue weighted by atomic mass is 16.5. The Morgan fingerprint density at radius 1 is 1.28 bits per heavy atom. The number of ether oxygens (including phenoxy) is 1. The van der Waals surface area contributed by atoms with E-state index in [1.807, 2.05) is 37.3 Å². The van der Waals surface area contributed by atoms with Crippen LogP contribution >= 0.6 is 0 Å². The Morgan fingerprint density at radius 2 is 2.11 bits per heavy atom. The highest BCUT2D eigenvalue weighted by Gasteiger charge is 2.31. The van der Waals surface area contributed by atoms with Crippen molar-refractivity contribution in [3.05, 3.63) is 53.5 Å². The van der Waals surface area contributed by atoms with Gasteiger partial charge in [-0.1, -0.05) is 25.1 Å². The Labute approximate surface area is 105 Å². The number of furan rings is 1. The van der Waals surface area contributed by atoms with Crippen molar-refractivity contribution in [1.29, 1.82) is 0 Å². The monoisotopic (exact) mass is 242 g/mol. The summed E-state index contributed by atoms with van der Waals surface area (Å²) in [4.78, 5) is 12.2. The molecule has 3 rings (SSSR count). The molecular formula is C15H14O3. The van der Waals surface area contributed by atoms with Crippen LogP contribution in [0.3, 0.4) is 0 Å². The maximum atomic E-state index is 12.2. The van der Waals surface area contributed by atoms with Crippen LogP contribution in [-0.2, 0) is 12.8 Å². The quantitative estimate of drug-likeness (QED) is 0.777. The van der Waals surface area contributed by atoms with Crippen molar-refractivity contribution >= 4 is 5.78 Å². The van der Waals surface area contributed by atoms with Crippen LogP contribution in [0.5, 0.6) is 5.75 Å². The zero-order chi connectivity index (χ0) is 12.5. The summed E-state index contributed by atoms with van der Waals surface area (Å²) in [6, 6.07) is 11.3. The van der Waals surface area contributed by atoms with E-state index in [0.717, 1.165) is 23.5 Å². The number of benzene rings is 1. The summed E-state index contributed by atoms with van der Waals surface area (Å²) in [6.45, 7) is 2.00. The molecule has 18 heavy (non-hydrogen) atoms. The first-order valence-corrected chi connectivity index (χ1v) is 6.15. The number of ketones is 1. The molecule has 2 heterocycles. The van der Waals surface area contributed by atoms with Crippen molar-refractivity contribution in [3.63, 3.8) is 0 Å². The van der Waals surface area contributed by atoms with Gasteiger partial charge >= 0.3 is 0 Å². The van der Waals surface area contributed by atoms with E-state index < -0.39 is 6.10 Å². The molecule has 1 aromatic carbocycles. The Balaban J connectivity index is 1.80. The number of rotatable bonds is 3. The van der Waals surface area contributed by atoms with Crippen LogP contribution < -0.4 is 4.74 Å². The van der Waals surface area contributed by atoms with Crippen LogP contribution in [0.4, 0.5) is 0 Å². The summed E-state index contributed by atoms with van der Waals surface area (Å²) in [5, 5.41) is 0. The summed E-state index contributed by atoms with van der Waals surface area (Å²) in [5.74, 6) is 1.95. The van der Waals surface area contributed by atoms with Crippen molar-refractivity contribution in [3.8, 4) is 5.75 Å². The van der Waals surface area contributed by atoms with E-state index in [9.17, 15) is 4.79 Å². The van der Waals surface area contributed by atoms with Gasteiger partial charge < -0.3 is 9.15 Å². The molecule has 0 saturated heterocycles. The van der Waals surface area contributed by atoms with Gasteiger partial charge in [-0.3, -0.25) is 4.79 Å². The molecule has 1 unspecified atom stereocenters. The van der Waals surface area contributed by atoms with E-state index in [-0.39, 0.29) is 5.78 Å². The number of Topliss-reactive ketones (excluding diaryl/α,β-unsaturated/α-hetero) is 1. The van der Waals surface area contributed by atoms with Gasteiger partial charge in [-0.05, 0) is 23.8 Å². The third-order valence-corrected chi connectivity index (χ3v) is 3.19. The first-order valence-electron chi connectivity index (χ1n) is 6.15. The number of carbonyl (C=O) groups excluding carboxylic acids is 1. The summed E-state index contributed by atoms with van der Waals surface area (Å²) >= 11 is 0. The molecule has 1 aromatic heterocycles. The molecule has 0 N–H and O–H groups in total. The summed E-state index contributed by atoms with van der Waals surface area (Å²) in [5.41, 5.74) is 1.08. The SMILES string of the molecule is CCc1ccc(C(=O)C2Cc3ccccc3O2)o1. The number of aryl methyl sites for hydroxylation is 1. The van der Waals surface area contributed by atoms with Crippen LogP contribution in [0.25, 0.3) is 0 Å². The minimum atomic E-state index is -0.446. The molecule has 1 aliphatic heterocycles. The fourth-order valence-electron chi connectivity index (χ4n) is 2.19. The standard InChI is InChI=1S/C15H14O3/c1-2-11-7-8-13(17-11)15(16)14-9-10-5-3-4-6-12(10)18-14/h3-8,14H,2,9H2,1H3. The van der Waals surface area contributed by atoms with Gasteiger partial charge in [-0.25, -0.2) is 0 Å². The molecular weight excluding hydrogens is 228 g/mol. The smallest absolute Gasteiger partial charge is 0.238 e. The maximum Gasteiger partial charge on any atom is 0.238 e. The Hall–Kier alpha value is -2.03. The van der Waals surface area contributed by atoms with Gasteiger partial charge in [0.05, 0.1) is 0 Å². The number of hydrogen-bond acceptors (Lipinski definition) is 3. The lowest BCUT2D eigenvalue weighted by atomic mass is 10.1. The molecule has 92 valence electrons. The van der Waals surface area contributed by atoms with Crippen LogP contribution in [0.15, 0.2) is 40.8 Å². The van der Waals surface area contributed by atoms with Gasteiger partial charge in [-0.15, -0.1) is 0 Å². The van der Waals surface area contributed by atoms with E-state index in [2.05, 4.69) is 0 Å². The first kappa shape index (κ1) is 11.1. The number of carbonyl (C=O) groups is 1. The summed E-state index contributed by atoms with van der Waals surface area (Å²) in [6.07, 6.45) is 0.967. The molecule has 0 radical (unpaired) electrons. The first-order chi connectivity index (χ1) is 8.78. The second kappa shape index (κ2) is 4.33. The third-order valence-electron chi connectivity index (χ3n) is 3.19. The summed E-state index contributed by atoms with van der Waals surface area (Å²) < 4.78 is 11.1. The van der Waals surface area contributed by atoms with Crippen molar-refractivity contribution in [1.82, 2.24) is 0 Å². The predicted molar refractivity (Wildman–Crippen MR) is 67.0 cm³/mol. The van der Waals surface area contributed by atoms with Crippen molar-refractivity contribution in [2.75, 3.05) is 0 Å². The normalized spacial score (nSPS) is 17.3. The molecule has 3 heteroatoms. The van der Waals surface area contributed by atoms with E-state index >= 15 is 0 Å². The zero-order valence-corrected chi connectivity index (χ0v) is 10.2. The van der Waals surface area contributed by atoms with Gasteiger partial charge in [0.15, 0.2) is 11.9 Å². The average Bonchev–Trinajstić information content (AvgIpc) is 3.04. The van der Waals surface area contributed by atoms with E-state index in [0.29, 0.717) is 12.2 Å². The minimum absolute atomic E-state index is 0.0779. The largest absolute Gasteiger partial charge is 0.481 e. The Bertz CT molecular complexity index is 558. The van der Waals surface area contributed by atoms with Crippen LogP contribution in [-0.4, -0.2) is 11.9 Å². The fraction of sp³-hybridized carbons (Fsp3) is 0.267. The van der Waals surface area contributed by atoms with Gasteiger partial charge in [0.1, 0.15) is 11.5 Å². The van der Waals surface area contributed by atoms with Gasteiger partial charge in [0.25, 0.3) is 0 Å². The average molecular weight is 242 g/mol. The molecule has 0 amide bonds. The number of fused-ring (bicyclic) bond motifs is 1. The van der Waals surface area contributed by atoms with Crippen LogP contribution in [0, 0.1) is 0 Å². The lowest BCUT2D eigenvalue weighted by Gasteiger charge is -2.07. The molecule has 3 nitrogen and oxygen atoms in total. The maximum absolute atomic E-state index is 12.2. The van der Waals surface area contributed by atoms with E-state index in [1.54, 1.807) is 6.07 Å². The molecule has 0 aliphatic carbocycles. The van der Waals surface area contributed by atoms with Crippen LogP contribution in [0.1, 0.15) is 28.8 Å². The summed E-state index contributed by atoms with van der Waals surface area (Å²) in [7, 11) is 0. The van der Waals surface area contributed by atoms with Gasteiger partial charge in [0, 0.05) is 12.8 Å². The Kier molecular flexibility index (Phi) is 2.67. The topological polar surface area (TPSA) is 39.4 Å². The van der Waals surface area contributed by atoms with Crippen molar-refractivity contribution in [2.24, 2.45) is 0 Å². The molecule has 0 saturated carbocycles. The Morgan fingerprint density at radius 3 is 2.83 bits per heavy atom. The highest BCUT2D eigenvalue weighted by Crippen LogP contribution is 2.29. The molecule has 0 spiro atoms. The molecule has 0 bridgehead atoms.